The van der Waals surface area contributed by atoms with Crippen LogP contribution < -0.4 is 16.0 Å². The Morgan fingerprint density at radius 2 is 2.12 bits per heavy atom. The maximum atomic E-state index is 11.1. The Bertz CT molecular complexity index is 1130. The first kappa shape index (κ1) is 23.5. The zero-order chi connectivity index (χ0) is 23.3. The van der Waals surface area contributed by atoms with Crippen molar-refractivity contribution in [2.75, 3.05) is 23.3 Å². The van der Waals surface area contributed by atoms with Crippen molar-refractivity contribution in [3.05, 3.63) is 51.3 Å². The number of nitrogens with one attached hydrogen (secondary N) is 1. The predicted octanol–water partition coefficient (Wildman–Crippen LogP) is 2.78. The number of amides is 1. The van der Waals surface area contributed by atoms with Crippen LogP contribution in [0.5, 0.6) is 0 Å². The molecule has 11 heteroatoms. The van der Waals surface area contributed by atoms with Crippen molar-refractivity contribution >= 4 is 57.3 Å². The molecule has 1 aliphatic heterocycles. The molecule has 32 heavy (non-hydrogen) atoms. The summed E-state index contributed by atoms with van der Waals surface area (Å²) in [6.45, 7) is 4.44. The van der Waals surface area contributed by atoms with E-state index in [1.807, 2.05) is 24.0 Å². The highest BCUT2D eigenvalue weighted by Crippen LogP contribution is 2.28. The van der Waals surface area contributed by atoms with Gasteiger partial charge in [-0.3, -0.25) is 9.59 Å². The van der Waals surface area contributed by atoms with Gasteiger partial charge in [0.05, 0.1) is 12.2 Å². The number of β-amino-alcohol motifs (C(OH)–C–C–N with tert-alkyl or cyclic N) is 1. The number of aldehydes is 1. The molecule has 0 saturated carbocycles. The molecule has 1 saturated heterocycles. The van der Waals surface area contributed by atoms with Crippen LogP contribution in [-0.4, -0.2) is 51.7 Å². The fourth-order valence-electron chi connectivity index (χ4n) is 3.11. The average Bonchev–Trinajstić information content (AvgIpc) is 3.50. The monoisotopic (exact) mass is 473 g/mol. The standard InChI is InChI=1S/C11H14N2O2.C10H9N3O2S2/c1-9-3-2-5-12-10(9)13-6-4-11(15,7-13)8-14;1-5(14)7-4-17-10(13-7)12-6-2-3-16-8(6)9(11)15/h2-3,5,8,15H,4,6-7H2,1H3;2-4H,1H3,(H2,11,15)(H,12,13). The number of anilines is 3. The lowest BCUT2D eigenvalue weighted by Gasteiger charge is -2.20. The second-order valence-electron chi connectivity index (χ2n) is 7.28. The van der Waals surface area contributed by atoms with Gasteiger partial charge in [0.15, 0.2) is 17.2 Å². The number of nitrogens with zero attached hydrogens (tertiary/aromatic N) is 3. The molecule has 4 heterocycles. The number of ketones is 1. The van der Waals surface area contributed by atoms with E-state index in [0.29, 0.717) is 47.2 Å². The highest BCUT2D eigenvalue weighted by Gasteiger charge is 2.36. The Hall–Kier alpha value is -3.15. The van der Waals surface area contributed by atoms with Gasteiger partial charge >= 0.3 is 0 Å². The summed E-state index contributed by atoms with van der Waals surface area (Å²) in [5.41, 5.74) is 6.13. The largest absolute Gasteiger partial charge is 0.380 e. The van der Waals surface area contributed by atoms with Crippen LogP contribution in [0.1, 0.15) is 39.1 Å². The molecule has 1 amide bonds. The SMILES string of the molecule is CC(=O)c1csc(Nc2ccsc2C(N)=O)n1.Cc1cccnc1N1CCC(O)(C=O)C1. The molecule has 1 fully saturated rings. The topological polar surface area (TPSA) is 139 Å². The lowest BCUT2D eigenvalue weighted by Crippen LogP contribution is -2.35. The first-order valence-electron chi connectivity index (χ1n) is 9.68. The van der Waals surface area contributed by atoms with E-state index in [-0.39, 0.29) is 5.78 Å². The number of hydrogen-bond donors (Lipinski definition) is 3. The van der Waals surface area contributed by atoms with Gasteiger partial charge in [-0.05, 0) is 30.0 Å². The third-order valence-corrected chi connectivity index (χ3v) is 6.46. The van der Waals surface area contributed by atoms with Crippen molar-refractivity contribution < 1.29 is 19.5 Å². The molecular formula is C21H23N5O4S2. The molecule has 0 bridgehead atoms. The van der Waals surface area contributed by atoms with Crippen LogP contribution in [0.25, 0.3) is 0 Å². The third-order valence-electron chi connectivity index (χ3n) is 4.78. The van der Waals surface area contributed by atoms with E-state index < -0.39 is 11.5 Å². The molecule has 0 radical (unpaired) electrons. The second-order valence-corrected chi connectivity index (χ2v) is 9.06. The van der Waals surface area contributed by atoms with Gasteiger partial charge in [-0.25, -0.2) is 9.97 Å². The lowest BCUT2D eigenvalue weighted by molar-refractivity contribution is -0.122. The molecule has 4 rings (SSSR count). The van der Waals surface area contributed by atoms with Crippen LogP contribution in [0, 0.1) is 6.92 Å². The van der Waals surface area contributed by atoms with Crippen LogP contribution in [0.3, 0.4) is 0 Å². The highest BCUT2D eigenvalue weighted by molar-refractivity contribution is 7.14. The van der Waals surface area contributed by atoms with Gasteiger partial charge < -0.3 is 25.9 Å². The maximum absolute atomic E-state index is 11.1. The van der Waals surface area contributed by atoms with Gasteiger partial charge in [-0.2, -0.15) is 0 Å². The van der Waals surface area contributed by atoms with E-state index in [9.17, 15) is 19.5 Å². The Kier molecular flexibility index (Phi) is 7.33. The van der Waals surface area contributed by atoms with E-state index >= 15 is 0 Å². The summed E-state index contributed by atoms with van der Waals surface area (Å²) >= 11 is 2.57. The van der Waals surface area contributed by atoms with E-state index in [1.54, 1.807) is 23.0 Å². The molecule has 1 unspecified atom stereocenters. The van der Waals surface area contributed by atoms with Crippen molar-refractivity contribution in [1.29, 1.82) is 0 Å². The van der Waals surface area contributed by atoms with Gasteiger partial charge in [-0.1, -0.05) is 6.07 Å². The van der Waals surface area contributed by atoms with Crippen LogP contribution in [-0.2, 0) is 4.79 Å². The predicted molar refractivity (Wildman–Crippen MR) is 125 cm³/mol. The number of aromatic nitrogens is 2. The summed E-state index contributed by atoms with van der Waals surface area (Å²) in [6, 6.07) is 5.60. The number of hydrogen-bond acceptors (Lipinski definition) is 10. The van der Waals surface area contributed by atoms with Crippen LogP contribution >= 0.6 is 22.7 Å². The quantitative estimate of drug-likeness (QED) is 0.367. The van der Waals surface area contributed by atoms with Gasteiger partial charge in [-0.15, -0.1) is 22.7 Å². The minimum absolute atomic E-state index is 0.0882. The molecule has 0 aliphatic carbocycles. The number of carbonyl (C=O) groups is 3. The summed E-state index contributed by atoms with van der Waals surface area (Å²) in [5, 5.41) is 16.8. The molecule has 0 spiro atoms. The van der Waals surface area contributed by atoms with Gasteiger partial charge in [0, 0.05) is 31.5 Å². The molecule has 9 nitrogen and oxygen atoms in total. The number of aryl methyl sites for hydroxylation is 1. The average molecular weight is 474 g/mol. The fourth-order valence-corrected chi connectivity index (χ4v) is 4.57. The Morgan fingerprint density at radius 3 is 2.72 bits per heavy atom. The molecule has 0 aromatic carbocycles. The summed E-state index contributed by atoms with van der Waals surface area (Å²) < 4.78 is 0. The number of Topliss-reactive ketones (excluding diaryl/α,β-unsaturated/α-hetero) is 1. The number of rotatable bonds is 6. The zero-order valence-electron chi connectivity index (χ0n) is 17.6. The van der Waals surface area contributed by atoms with Crippen molar-refractivity contribution in [1.82, 2.24) is 9.97 Å². The number of carbonyl (C=O) groups excluding carboxylic acids is 3. The van der Waals surface area contributed by atoms with Gasteiger partial charge in [0.2, 0.25) is 0 Å². The number of aliphatic hydroxyl groups is 1. The zero-order valence-corrected chi connectivity index (χ0v) is 19.2. The van der Waals surface area contributed by atoms with Crippen LogP contribution in [0.4, 0.5) is 16.6 Å². The molecule has 3 aromatic rings. The van der Waals surface area contributed by atoms with Gasteiger partial charge in [0.25, 0.3) is 5.91 Å². The number of pyridine rings is 1. The van der Waals surface area contributed by atoms with Crippen molar-refractivity contribution in [3.63, 3.8) is 0 Å². The first-order chi connectivity index (χ1) is 15.2. The molecule has 1 atom stereocenters. The normalized spacial score (nSPS) is 17.4. The van der Waals surface area contributed by atoms with Gasteiger partial charge in [0.1, 0.15) is 22.0 Å². The number of thiazole rings is 1. The number of thiophene rings is 1. The Morgan fingerprint density at radius 1 is 1.34 bits per heavy atom. The summed E-state index contributed by atoms with van der Waals surface area (Å²) in [4.78, 5) is 43.6. The Labute approximate surface area is 192 Å². The molecular weight excluding hydrogens is 450 g/mol. The fraction of sp³-hybridized carbons (Fsp3) is 0.286. The summed E-state index contributed by atoms with van der Waals surface area (Å²) in [5.74, 6) is 0.288. The van der Waals surface area contributed by atoms with E-state index in [1.165, 1.54) is 29.6 Å². The van der Waals surface area contributed by atoms with Crippen molar-refractivity contribution in [3.8, 4) is 0 Å². The lowest BCUT2D eigenvalue weighted by atomic mass is 10.1. The number of primary amides is 1. The molecule has 4 N–H and O–H groups in total. The van der Waals surface area contributed by atoms with Crippen LogP contribution in [0.2, 0.25) is 0 Å². The number of nitrogens with two attached hydrogens (primary N) is 1. The molecule has 3 aromatic heterocycles. The van der Waals surface area contributed by atoms with Crippen molar-refractivity contribution in [2.24, 2.45) is 5.73 Å². The molecule has 168 valence electrons. The minimum Gasteiger partial charge on any atom is -0.380 e. The highest BCUT2D eigenvalue weighted by atomic mass is 32.1. The third kappa shape index (κ3) is 5.55. The first-order valence-corrected chi connectivity index (χ1v) is 11.4. The van der Waals surface area contributed by atoms with E-state index in [0.717, 1.165) is 11.4 Å². The maximum Gasteiger partial charge on any atom is 0.260 e. The van der Waals surface area contributed by atoms with Crippen molar-refractivity contribution in [2.45, 2.75) is 25.9 Å². The van der Waals surface area contributed by atoms with E-state index in [2.05, 4.69) is 15.3 Å². The summed E-state index contributed by atoms with van der Waals surface area (Å²) in [6.07, 6.45) is 2.83. The molecule has 1 aliphatic rings. The smallest absolute Gasteiger partial charge is 0.260 e. The van der Waals surface area contributed by atoms with E-state index in [4.69, 9.17) is 5.73 Å². The Balaban J connectivity index is 0.000000182. The summed E-state index contributed by atoms with van der Waals surface area (Å²) in [7, 11) is 0. The van der Waals surface area contributed by atoms with Crippen LogP contribution in [0.15, 0.2) is 35.2 Å². The minimum atomic E-state index is -1.19. The second kappa shape index (κ2) is 9.98.